The number of rotatable bonds is 4. The number of hydrogen-bond donors (Lipinski definition) is 1. The van der Waals surface area contributed by atoms with Gasteiger partial charge in [0.2, 0.25) is 11.8 Å². The van der Waals surface area contributed by atoms with Gasteiger partial charge in [0.05, 0.1) is 30.9 Å². The van der Waals surface area contributed by atoms with Gasteiger partial charge >= 0.3 is 0 Å². The van der Waals surface area contributed by atoms with Crippen LogP contribution < -0.4 is 10.1 Å². The number of benzene rings is 1. The van der Waals surface area contributed by atoms with E-state index in [2.05, 4.69) is 30.6 Å². The van der Waals surface area contributed by atoms with Gasteiger partial charge in [-0.2, -0.15) is 9.67 Å². The standard InChI is InChI=1S/C16H13N7O/c1-24-14-8-7-11(9-17-14)19-16-18-10-13-15(20-16)23(22-21-13)12-5-3-2-4-6-12/h2-10H,1H3,(H,18,19,20). The Morgan fingerprint density at radius 3 is 2.62 bits per heavy atom. The topological polar surface area (TPSA) is 90.6 Å². The van der Waals surface area contributed by atoms with Gasteiger partial charge in [0.1, 0.15) is 0 Å². The zero-order valence-electron chi connectivity index (χ0n) is 12.8. The van der Waals surface area contributed by atoms with E-state index in [9.17, 15) is 0 Å². The summed E-state index contributed by atoms with van der Waals surface area (Å²) in [5.74, 6) is 0.984. The van der Waals surface area contributed by atoms with Crippen LogP contribution in [0.5, 0.6) is 5.88 Å². The second-order valence-corrected chi connectivity index (χ2v) is 4.95. The van der Waals surface area contributed by atoms with Crippen LogP contribution in [0.1, 0.15) is 0 Å². The number of para-hydroxylation sites is 1. The summed E-state index contributed by atoms with van der Waals surface area (Å²) in [6, 6.07) is 13.3. The molecule has 0 saturated heterocycles. The molecular formula is C16H13N7O. The second kappa shape index (κ2) is 5.92. The average Bonchev–Trinajstić information content (AvgIpc) is 3.06. The molecule has 0 unspecified atom stereocenters. The van der Waals surface area contributed by atoms with Gasteiger partial charge in [-0.1, -0.05) is 23.4 Å². The van der Waals surface area contributed by atoms with Gasteiger partial charge in [-0.05, 0) is 18.2 Å². The third kappa shape index (κ3) is 2.60. The monoisotopic (exact) mass is 319 g/mol. The molecule has 1 N–H and O–H groups in total. The Balaban J connectivity index is 1.69. The van der Waals surface area contributed by atoms with Crippen LogP contribution in [-0.4, -0.2) is 37.1 Å². The summed E-state index contributed by atoms with van der Waals surface area (Å²) in [7, 11) is 1.57. The molecule has 118 valence electrons. The van der Waals surface area contributed by atoms with Crippen molar-refractivity contribution in [2.45, 2.75) is 0 Å². The highest BCUT2D eigenvalue weighted by molar-refractivity contribution is 5.72. The zero-order chi connectivity index (χ0) is 16.4. The number of hydrogen-bond acceptors (Lipinski definition) is 7. The summed E-state index contributed by atoms with van der Waals surface area (Å²) < 4.78 is 6.72. The van der Waals surface area contributed by atoms with Crippen LogP contribution in [0.4, 0.5) is 11.6 Å². The van der Waals surface area contributed by atoms with Crippen molar-refractivity contribution in [1.82, 2.24) is 29.9 Å². The number of aromatic nitrogens is 6. The molecule has 0 aliphatic carbocycles. The van der Waals surface area contributed by atoms with Crippen molar-refractivity contribution in [2.75, 3.05) is 12.4 Å². The van der Waals surface area contributed by atoms with Crippen LogP contribution in [0.2, 0.25) is 0 Å². The molecular weight excluding hydrogens is 306 g/mol. The first kappa shape index (κ1) is 14.1. The lowest BCUT2D eigenvalue weighted by Gasteiger charge is -2.05. The molecule has 0 saturated carbocycles. The average molecular weight is 319 g/mol. The highest BCUT2D eigenvalue weighted by Crippen LogP contribution is 2.18. The quantitative estimate of drug-likeness (QED) is 0.617. The normalized spacial score (nSPS) is 10.7. The van der Waals surface area contributed by atoms with E-state index in [4.69, 9.17) is 4.74 Å². The van der Waals surface area contributed by atoms with Gasteiger partial charge in [0, 0.05) is 6.07 Å². The van der Waals surface area contributed by atoms with Crippen LogP contribution in [0.15, 0.2) is 54.9 Å². The fourth-order valence-electron chi connectivity index (χ4n) is 2.24. The number of nitrogens with one attached hydrogen (secondary N) is 1. The summed E-state index contributed by atoms with van der Waals surface area (Å²) in [6.45, 7) is 0. The van der Waals surface area contributed by atoms with E-state index >= 15 is 0 Å². The van der Waals surface area contributed by atoms with Gasteiger partial charge in [0.15, 0.2) is 11.2 Å². The van der Waals surface area contributed by atoms with Crippen LogP contribution in [0.25, 0.3) is 16.9 Å². The Hall–Kier alpha value is -3.55. The minimum atomic E-state index is 0.439. The third-order valence-corrected chi connectivity index (χ3v) is 3.39. The van der Waals surface area contributed by atoms with E-state index in [0.29, 0.717) is 23.0 Å². The van der Waals surface area contributed by atoms with Crippen molar-refractivity contribution >= 4 is 22.8 Å². The van der Waals surface area contributed by atoms with E-state index in [1.165, 1.54) is 0 Å². The molecule has 0 radical (unpaired) electrons. The Morgan fingerprint density at radius 2 is 1.88 bits per heavy atom. The Bertz CT molecular complexity index is 967. The number of methoxy groups -OCH3 is 1. The van der Waals surface area contributed by atoms with Crippen molar-refractivity contribution in [1.29, 1.82) is 0 Å². The molecule has 4 rings (SSSR count). The molecule has 1 aromatic carbocycles. The molecule has 8 heteroatoms. The minimum Gasteiger partial charge on any atom is -0.481 e. The molecule has 0 spiro atoms. The van der Waals surface area contributed by atoms with E-state index in [-0.39, 0.29) is 0 Å². The SMILES string of the molecule is COc1ccc(Nc2ncc3nnn(-c4ccccc4)c3n2)cn1. The largest absolute Gasteiger partial charge is 0.481 e. The van der Waals surface area contributed by atoms with Crippen LogP contribution in [0, 0.1) is 0 Å². The number of anilines is 2. The predicted octanol–water partition coefficient (Wildman–Crippen LogP) is 2.36. The summed E-state index contributed by atoms with van der Waals surface area (Å²) in [5.41, 5.74) is 2.89. The smallest absolute Gasteiger partial charge is 0.229 e. The number of pyridine rings is 1. The fraction of sp³-hybridized carbons (Fsp3) is 0.0625. The third-order valence-electron chi connectivity index (χ3n) is 3.39. The van der Waals surface area contributed by atoms with Crippen molar-refractivity contribution < 1.29 is 4.74 Å². The van der Waals surface area contributed by atoms with Gasteiger partial charge in [-0.15, -0.1) is 5.10 Å². The number of ether oxygens (including phenoxy) is 1. The first-order chi connectivity index (χ1) is 11.8. The molecule has 3 aromatic heterocycles. The minimum absolute atomic E-state index is 0.439. The molecule has 3 heterocycles. The van der Waals surface area contributed by atoms with Gasteiger partial charge < -0.3 is 10.1 Å². The van der Waals surface area contributed by atoms with Crippen LogP contribution >= 0.6 is 0 Å². The van der Waals surface area contributed by atoms with Gasteiger partial charge in [-0.25, -0.2) is 9.97 Å². The molecule has 24 heavy (non-hydrogen) atoms. The maximum Gasteiger partial charge on any atom is 0.229 e. The maximum absolute atomic E-state index is 5.04. The van der Waals surface area contributed by atoms with Crippen molar-refractivity contribution in [3.05, 3.63) is 54.9 Å². The summed E-state index contributed by atoms with van der Waals surface area (Å²) in [6.07, 6.45) is 3.28. The lowest BCUT2D eigenvalue weighted by Crippen LogP contribution is -2.01. The number of fused-ring (bicyclic) bond motifs is 1. The Labute approximate surface area is 137 Å². The first-order valence-corrected chi connectivity index (χ1v) is 7.24. The lowest BCUT2D eigenvalue weighted by atomic mass is 10.3. The zero-order valence-corrected chi connectivity index (χ0v) is 12.8. The van der Waals surface area contributed by atoms with E-state index in [1.807, 2.05) is 36.4 Å². The molecule has 0 amide bonds. The molecule has 0 bridgehead atoms. The molecule has 0 fully saturated rings. The Morgan fingerprint density at radius 1 is 1.00 bits per heavy atom. The molecule has 0 atom stereocenters. The van der Waals surface area contributed by atoms with Crippen LogP contribution in [-0.2, 0) is 0 Å². The van der Waals surface area contributed by atoms with Gasteiger partial charge in [0.25, 0.3) is 0 Å². The van der Waals surface area contributed by atoms with E-state index in [0.717, 1.165) is 11.4 Å². The molecule has 0 aliphatic rings. The number of nitrogens with zero attached hydrogens (tertiary/aromatic N) is 6. The molecule has 0 aliphatic heterocycles. The highest BCUT2D eigenvalue weighted by Gasteiger charge is 2.10. The summed E-state index contributed by atoms with van der Waals surface area (Å²) in [5, 5.41) is 11.3. The maximum atomic E-state index is 5.04. The molecule has 4 aromatic rings. The first-order valence-electron chi connectivity index (χ1n) is 7.24. The predicted molar refractivity (Wildman–Crippen MR) is 88.5 cm³/mol. The fourth-order valence-corrected chi connectivity index (χ4v) is 2.24. The van der Waals surface area contributed by atoms with E-state index < -0.39 is 0 Å². The molecule has 8 nitrogen and oxygen atoms in total. The Kier molecular flexibility index (Phi) is 3.47. The van der Waals surface area contributed by atoms with Crippen molar-refractivity contribution in [3.8, 4) is 11.6 Å². The summed E-state index contributed by atoms with van der Waals surface area (Å²) >= 11 is 0. The van der Waals surface area contributed by atoms with Crippen molar-refractivity contribution in [3.63, 3.8) is 0 Å². The van der Waals surface area contributed by atoms with Crippen molar-refractivity contribution in [2.24, 2.45) is 0 Å². The van der Waals surface area contributed by atoms with Crippen LogP contribution in [0.3, 0.4) is 0 Å². The highest BCUT2D eigenvalue weighted by atomic mass is 16.5. The van der Waals surface area contributed by atoms with E-state index in [1.54, 1.807) is 30.3 Å². The van der Waals surface area contributed by atoms with Gasteiger partial charge in [-0.3, -0.25) is 0 Å². The lowest BCUT2D eigenvalue weighted by molar-refractivity contribution is 0.398. The summed E-state index contributed by atoms with van der Waals surface area (Å²) in [4.78, 5) is 12.9. The second-order valence-electron chi connectivity index (χ2n) is 4.95.